The van der Waals surface area contributed by atoms with Crippen LogP contribution >= 0.6 is 0 Å². The van der Waals surface area contributed by atoms with Crippen LogP contribution in [0.2, 0.25) is 0 Å². The Labute approximate surface area is 176 Å². The van der Waals surface area contributed by atoms with Gasteiger partial charge < -0.3 is 5.32 Å². The molecule has 0 unspecified atom stereocenters. The molecule has 0 saturated heterocycles. The molecule has 0 aliphatic rings. The lowest BCUT2D eigenvalue weighted by Gasteiger charge is -2.22. The zero-order valence-electron chi connectivity index (χ0n) is 16.8. The van der Waals surface area contributed by atoms with E-state index in [0.717, 1.165) is 17.4 Å². The number of nitrogens with zero attached hydrogens (tertiary/aromatic N) is 1. The summed E-state index contributed by atoms with van der Waals surface area (Å²) in [5, 5.41) is 2.87. The van der Waals surface area contributed by atoms with E-state index in [1.165, 1.54) is 16.4 Å². The number of hydrogen-bond donors (Lipinski definition) is 1. The smallest absolute Gasteiger partial charge is 0.251 e. The van der Waals surface area contributed by atoms with Gasteiger partial charge in [-0.2, -0.15) is 0 Å². The highest BCUT2D eigenvalue weighted by molar-refractivity contribution is 7.92. The van der Waals surface area contributed by atoms with Gasteiger partial charge in [0.2, 0.25) is 10.0 Å². The van der Waals surface area contributed by atoms with E-state index in [2.05, 4.69) is 5.32 Å². The summed E-state index contributed by atoms with van der Waals surface area (Å²) in [5.74, 6) is -0.625. The van der Waals surface area contributed by atoms with E-state index >= 15 is 0 Å². The Kier molecular flexibility index (Phi) is 6.52. The number of amides is 1. The van der Waals surface area contributed by atoms with Crippen molar-refractivity contribution in [1.29, 1.82) is 0 Å². The number of halogens is 1. The number of rotatable bonds is 7. The van der Waals surface area contributed by atoms with Gasteiger partial charge >= 0.3 is 0 Å². The zero-order chi connectivity index (χ0) is 21.7. The Balaban J connectivity index is 1.73. The van der Waals surface area contributed by atoms with Crippen LogP contribution in [0.4, 0.5) is 10.1 Å². The summed E-state index contributed by atoms with van der Waals surface area (Å²) in [7, 11) is -3.57. The second kappa shape index (κ2) is 9.09. The van der Waals surface area contributed by atoms with E-state index in [1.54, 1.807) is 36.4 Å². The molecule has 3 aromatic carbocycles. The number of carbonyl (C=O) groups is 1. The first kappa shape index (κ1) is 21.5. The molecule has 156 valence electrons. The van der Waals surface area contributed by atoms with Crippen LogP contribution in [0.25, 0.3) is 0 Å². The molecule has 0 aliphatic carbocycles. The van der Waals surface area contributed by atoms with Crippen molar-refractivity contribution in [3.05, 3.63) is 101 Å². The van der Waals surface area contributed by atoms with Crippen LogP contribution in [0.1, 0.15) is 27.0 Å². The van der Waals surface area contributed by atoms with Crippen LogP contribution in [0.5, 0.6) is 0 Å². The van der Waals surface area contributed by atoms with Crippen molar-refractivity contribution >= 4 is 21.6 Å². The van der Waals surface area contributed by atoms with Crippen molar-refractivity contribution < 1.29 is 17.6 Å². The van der Waals surface area contributed by atoms with E-state index < -0.39 is 10.0 Å². The van der Waals surface area contributed by atoms with E-state index in [-0.39, 0.29) is 18.3 Å². The van der Waals surface area contributed by atoms with Crippen molar-refractivity contribution in [2.24, 2.45) is 0 Å². The SMILES string of the molecule is Cc1ccccc1CNC(=O)c1ccc(N(Cc2ccc(F)cc2)S(C)(=O)=O)cc1. The maximum absolute atomic E-state index is 13.1. The molecule has 0 aliphatic heterocycles. The highest BCUT2D eigenvalue weighted by Crippen LogP contribution is 2.21. The van der Waals surface area contributed by atoms with Gasteiger partial charge in [-0.1, -0.05) is 36.4 Å². The minimum absolute atomic E-state index is 0.0674. The predicted octanol–water partition coefficient (Wildman–Crippen LogP) is 4.03. The zero-order valence-corrected chi connectivity index (χ0v) is 17.6. The molecule has 0 bridgehead atoms. The highest BCUT2D eigenvalue weighted by Gasteiger charge is 2.18. The molecule has 0 heterocycles. The number of benzene rings is 3. The molecule has 0 fully saturated rings. The van der Waals surface area contributed by atoms with Crippen LogP contribution in [0.15, 0.2) is 72.8 Å². The topological polar surface area (TPSA) is 66.5 Å². The Bertz CT molecular complexity index is 1130. The van der Waals surface area contributed by atoms with Gasteiger partial charge in [-0.15, -0.1) is 0 Å². The molecule has 0 saturated carbocycles. The molecule has 1 N–H and O–H groups in total. The number of aryl methyl sites for hydroxylation is 1. The third-order valence-corrected chi connectivity index (χ3v) is 5.90. The maximum atomic E-state index is 13.1. The van der Waals surface area contributed by atoms with E-state index in [9.17, 15) is 17.6 Å². The Morgan fingerprint density at radius 1 is 0.967 bits per heavy atom. The lowest BCUT2D eigenvalue weighted by Crippen LogP contribution is -2.29. The minimum Gasteiger partial charge on any atom is -0.348 e. The lowest BCUT2D eigenvalue weighted by atomic mass is 10.1. The van der Waals surface area contributed by atoms with Crippen LogP contribution in [-0.4, -0.2) is 20.6 Å². The van der Waals surface area contributed by atoms with E-state index in [0.29, 0.717) is 23.4 Å². The van der Waals surface area contributed by atoms with Gasteiger partial charge in [0.1, 0.15) is 5.82 Å². The molecule has 0 aromatic heterocycles. The van der Waals surface area contributed by atoms with Crippen molar-refractivity contribution in [3.8, 4) is 0 Å². The fourth-order valence-corrected chi connectivity index (χ4v) is 3.91. The molecule has 7 heteroatoms. The average molecular weight is 427 g/mol. The fourth-order valence-electron chi connectivity index (χ4n) is 3.02. The molecule has 0 radical (unpaired) electrons. The van der Waals surface area contributed by atoms with Crippen LogP contribution in [0.3, 0.4) is 0 Å². The number of sulfonamides is 1. The average Bonchev–Trinajstić information content (AvgIpc) is 2.72. The number of carbonyl (C=O) groups excluding carboxylic acids is 1. The molecule has 3 rings (SSSR count). The molecule has 1 amide bonds. The number of anilines is 1. The Morgan fingerprint density at radius 3 is 2.20 bits per heavy atom. The number of nitrogens with one attached hydrogen (secondary N) is 1. The molecule has 5 nitrogen and oxygen atoms in total. The molecule has 0 spiro atoms. The van der Waals surface area contributed by atoms with Crippen molar-refractivity contribution in [2.45, 2.75) is 20.0 Å². The highest BCUT2D eigenvalue weighted by atomic mass is 32.2. The Morgan fingerprint density at radius 2 is 1.60 bits per heavy atom. The Hall–Kier alpha value is -3.19. The molecule has 30 heavy (non-hydrogen) atoms. The van der Waals surface area contributed by atoms with Crippen molar-refractivity contribution in [1.82, 2.24) is 5.32 Å². The first-order valence-electron chi connectivity index (χ1n) is 9.39. The first-order chi connectivity index (χ1) is 14.2. The van der Waals surface area contributed by atoms with Crippen LogP contribution < -0.4 is 9.62 Å². The summed E-state index contributed by atoms with van der Waals surface area (Å²) < 4.78 is 38.9. The second-order valence-electron chi connectivity index (χ2n) is 7.05. The normalized spacial score (nSPS) is 11.2. The minimum atomic E-state index is -3.57. The van der Waals surface area contributed by atoms with Crippen LogP contribution in [-0.2, 0) is 23.1 Å². The van der Waals surface area contributed by atoms with Crippen LogP contribution in [0, 0.1) is 12.7 Å². The third-order valence-electron chi connectivity index (χ3n) is 4.76. The lowest BCUT2D eigenvalue weighted by molar-refractivity contribution is 0.0951. The second-order valence-corrected chi connectivity index (χ2v) is 8.96. The quantitative estimate of drug-likeness (QED) is 0.620. The van der Waals surface area contributed by atoms with Gasteiger partial charge in [0.05, 0.1) is 18.5 Å². The largest absolute Gasteiger partial charge is 0.348 e. The maximum Gasteiger partial charge on any atom is 0.251 e. The van der Waals surface area contributed by atoms with Crippen molar-refractivity contribution in [3.63, 3.8) is 0 Å². The third kappa shape index (κ3) is 5.45. The van der Waals surface area contributed by atoms with E-state index in [1.807, 2.05) is 31.2 Å². The summed E-state index contributed by atoms with van der Waals surface area (Å²) >= 11 is 0. The monoisotopic (exact) mass is 426 g/mol. The summed E-state index contributed by atoms with van der Waals surface area (Å²) in [5.41, 5.74) is 3.64. The van der Waals surface area contributed by atoms with Gasteiger partial charge in [-0.3, -0.25) is 9.10 Å². The van der Waals surface area contributed by atoms with Crippen molar-refractivity contribution in [2.75, 3.05) is 10.6 Å². The summed E-state index contributed by atoms with van der Waals surface area (Å²) in [6.45, 7) is 2.46. The van der Waals surface area contributed by atoms with Gasteiger partial charge in [0.25, 0.3) is 5.91 Å². The van der Waals surface area contributed by atoms with E-state index in [4.69, 9.17) is 0 Å². The number of hydrogen-bond acceptors (Lipinski definition) is 3. The summed E-state index contributed by atoms with van der Waals surface area (Å²) in [6.07, 6.45) is 1.11. The summed E-state index contributed by atoms with van der Waals surface area (Å²) in [6, 6.07) is 19.8. The molecular formula is C23H23FN2O3S. The molecule has 0 atom stereocenters. The standard InChI is InChI=1S/C23H23FN2O3S/c1-17-5-3-4-6-20(17)15-25-23(27)19-9-13-22(14-10-19)26(30(2,28)29)16-18-7-11-21(24)12-8-18/h3-14H,15-16H2,1-2H3,(H,25,27). The predicted molar refractivity (Wildman–Crippen MR) is 116 cm³/mol. The van der Waals surface area contributed by atoms with Gasteiger partial charge in [-0.25, -0.2) is 12.8 Å². The van der Waals surface area contributed by atoms with Gasteiger partial charge in [-0.05, 0) is 60.0 Å². The van der Waals surface area contributed by atoms with Gasteiger partial charge in [0.15, 0.2) is 0 Å². The molecule has 3 aromatic rings. The van der Waals surface area contributed by atoms with Gasteiger partial charge in [0, 0.05) is 12.1 Å². The fraction of sp³-hybridized carbons (Fsp3) is 0.174. The first-order valence-corrected chi connectivity index (χ1v) is 11.2. The molecular weight excluding hydrogens is 403 g/mol. The summed E-state index contributed by atoms with van der Waals surface area (Å²) in [4.78, 5) is 12.5.